The predicted molar refractivity (Wildman–Crippen MR) is 189 cm³/mol. The highest BCUT2D eigenvalue weighted by atomic mass is 28.2. The Morgan fingerprint density at radius 3 is 2.02 bits per heavy atom. The van der Waals surface area contributed by atoms with Crippen LogP contribution in [-0.4, -0.2) is 13.0 Å². The summed E-state index contributed by atoms with van der Waals surface area (Å²) in [6.45, 7) is 7.23. The van der Waals surface area contributed by atoms with Gasteiger partial charge in [0.2, 0.25) is 0 Å². The Labute approximate surface area is 260 Å². The lowest BCUT2D eigenvalue weighted by Crippen LogP contribution is -2.13. The molecule has 44 heavy (non-hydrogen) atoms. The molecule has 0 aliphatic heterocycles. The van der Waals surface area contributed by atoms with Gasteiger partial charge >= 0.3 is 0 Å². The first-order valence-corrected chi connectivity index (χ1v) is 18.5. The SMILES string of the molecule is CC1=C(C2C(C3CC3)=Cc3c2cccc3-n2c3ccccc3c3ccccc32)c2c(-c3ccccc3)c(=[Si](C)C)ccc2=C1. The second-order valence-corrected chi connectivity index (χ2v) is 15.6. The summed E-state index contributed by atoms with van der Waals surface area (Å²) in [5.41, 5.74) is 15.6. The molecule has 1 unspecified atom stereocenters. The molecule has 0 bridgehead atoms. The fraction of sp³-hybridized carbons (Fsp3) is 0.167. The minimum Gasteiger partial charge on any atom is -0.309 e. The largest absolute Gasteiger partial charge is 0.309 e. The Kier molecular flexibility index (Phi) is 5.74. The third kappa shape index (κ3) is 3.74. The van der Waals surface area contributed by atoms with E-state index in [1.807, 2.05) is 0 Å². The number of fused-ring (bicyclic) bond motifs is 5. The smallest absolute Gasteiger partial charge is 0.0541 e. The first-order chi connectivity index (χ1) is 21.6. The molecule has 0 amide bonds. The van der Waals surface area contributed by atoms with Crippen molar-refractivity contribution in [2.75, 3.05) is 0 Å². The zero-order chi connectivity index (χ0) is 29.5. The molecular weight excluding hydrogens is 547 g/mol. The first kappa shape index (κ1) is 25.9. The third-order valence-electron chi connectivity index (χ3n) is 10.1. The Morgan fingerprint density at radius 1 is 0.659 bits per heavy atom. The van der Waals surface area contributed by atoms with Crippen LogP contribution in [-0.2, 0) is 0 Å². The molecule has 1 saturated carbocycles. The van der Waals surface area contributed by atoms with Crippen molar-refractivity contribution in [1.29, 1.82) is 0 Å². The highest BCUT2D eigenvalue weighted by molar-refractivity contribution is 6.48. The summed E-state index contributed by atoms with van der Waals surface area (Å²) in [4.78, 5) is 1.54. The van der Waals surface area contributed by atoms with E-state index >= 15 is 0 Å². The van der Waals surface area contributed by atoms with Crippen LogP contribution in [0.1, 0.15) is 42.4 Å². The topological polar surface area (TPSA) is 4.93 Å². The molecule has 0 N–H and O–H groups in total. The zero-order valence-electron chi connectivity index (χ0n) is 25.6. The normalized spacial score (nSPS) is 17.2. The molecule has 212 valence electrons. The van der Waals surface area contributed by atoms with Crippen LogP contribution in [0.2, 0.25) is 13.1 Å². The highest BCUT2D eigenvalue weighted by Gasteiger charge is 2.41. The van der Waals surface area contributed by atoms with Gasteiger partial charge in [0, 0.05) is 30.7 Å². The van der Waals surface area contributed by atoms with Crippen molar-refractivity contribution in [3.05, 3.63) is 147 Å². The number of allylic oxidation sites excluding steroid dienone is 3. The number of hydrogen-bond donors (Lipinski definition) is 0. The van der Waals surface area contributed by atoms with Gasteiger partial charge in [-0.2, -0.15) is 0 Å². The number of nitrogens with zero attached hydrogens (tertiary/aromatic N) is 1. The van der Waals surface area contributed by atoms with Gasteiger partial charge in [-0.1, -0.05) is 122 Å². The van der Waals surface area contributed by atoms with E-state index in [4.69, 9.17) is 0 Å². The van der Waals surface area contributed by atoms with Crippen LogP contribution in [0.4, 0.5) is 0 Å². The number of hydrogen-bond acceptors (Lipinski definition) is 0. The maximum Gasteiger partial charge on any atom is 0.0541 e. The fourth-order valence-corrected chi connectivity index (χ4v) is 9.30. The van der Waals surface area contributed by atoms with Gasteiger partial charge in [-0.15, -0.1) is 0 Å². The van der Waals surface area contributed by atoms with E-state index in [1.165, 1.54) is 89.3 Å². The van der Waals surface area contributed by atoms with Gasteiger partial charge in [0.1, 0.15) is 0 Å². The molecule has 6 aromatic rings. The van der Waals surface area contributed by atoms with Gasteiger partial charge < -0.3 is 4.57 Å². The molecule has 3 aliphatic rings. The van der Waals surface area contributed by atoms with Gasteiger partial charge in [0.05, 0.1) is 16.7 Å². The van der Waals surface area contributed by atoms with Gasteiger partial charge in [-0.25, -0.2) is 0 Å². The number of benzene rings is 5. The molecule has 5 aromatic carbocycles. The van der Waals surface area contributed by atoms with E-state index in [0.29, 0.717) is 5.92 Å². The van der Waals surface area contributed by atoms with E-state index < -0.39 is 8.41 Å². The fourth-order valence-electron chi connectivity index (χ4n) is 8.11. The van der Waals surface area contributed by atoms with E-state index in [9.17, 15) is 0 Å². The molecule has 9 rings (SSSR count). The molecular formula is C42H35NSi. The van der Waals surface area contributed by atoms with Crippen molar-refractivity contribution in [3.8, 4) is 16.8 Å². The lowest BCUT2D eigenvalue weighted by molar-refractivity contribution is 0.896. The molecule has 0 radical (unpaired) electrons. The summed E-state index contributed by atoms with van der Waals surface area (Å²) in [6, 6.07) is 40.8. The number of rotatable bonds is 4. The van der Waals surface area contributed by atoms with E-state index in [-0.39, 0.29) is 5.92 Å². The van der Waals surface area contributed by atoms with Gasteiger partial charge in [0.15, 0.2) is 0 Å². The van der Waals surface area contributed by atoms with E-state index in [0.717, 1.165) is 0 Å². The third-order valence-corrected chi connectivity index (χ3v) is 11.6. The summed E-state index contributed by atoms with van der Waals surface area (Å²) in [7, 11) is -0.682. The highest BCUT2D eigenvalue weighted by Crippen LogP contribution is 2.56. The Balaban J connectivity index is 1.32. The second-order valence-electron chi connectivity index (χ2n) is 13.1. The Bertz CT molecular complexity index is 2310. The van der Waals surface area contributed by atoms with E-state index in [1.54, 1.807) is 5.57 Å². The monoisotopic (exact) mass is 581 g/mol. The Morgan fingerprint density at radius 2 is 1.34 bits per heavy atom. The van der Waals surface area contributed by atoms with Crippen LogP contribution < -0.4 is 5.22 Å². The molecule has 0 saturated heterocycles. The van der Waals surface area contributed by atoms with Gasteiger partial charge in [0.25, 0.3) is 0 Å². The summed E-state index contributed by atoms with van der Waals surface area (Å²) in [5.74, 6) is 0.952. The molecule has 2 heteroatoms. The van der Waals surface area contributed by atoms with Crippen molar-refractivity contribution in [1.82, 2.24) is 4.57 Å². The lowest BCUT2D eigenvalue weighted by atomic mass is 9.80. The molecule has 1 heterocycles. The number of para-hydroxylation sites is 2. The maximum atomic E-state index is 2.59. The first-order valence-electron chi connectivity index (χ1n) is 16.0. The molecule has 0 spiro atoms. The van der Waals surface area contributed by atoms with Crippen molar-refractivity contribution in [2.45, 2.75) is 38.8 Å². The van der Waals surface area contributed by atoms with Gasteiger partial charge in [-0.05, 0) is 87.3 Å². The quantitative estimate of drug-likeness (QED) is 0.183. The standard InChI is InChI=1S/C42H35NSi/c1-26-24-29-22-23-38(44(2)3)40(28-12-5-4-6-13-28)41(29)39(26)42-32-16-11-19-37(34(32)25-33(42)27-20-21-27)43-35-17-9-7-14-30(35)31-15-8-10-18-36(31)43/h4-19,22-25,27,42H,20-21H2,1-3H3. The molecule has 1 aromatic heterocycles. The average Bonchev–Trinajstić information content (AvgIpc) is 3.64. The van der Waals surface area contributed by atoms with Crippen LogP contribution in [0.15, 0.2) is 120 Å². The van der Waals surface area contributed by atoms with Crippen molar-refractivity contribution >= 4 is 47.9 Å². The minimum absolute atomic E-state index is 0.283. The summed E-state index contributed by atoms with van der Waals surface area (Å²) >= 11 is 0. The zero-order valence-corrected chi connectivity index (χ0v) is 26.6. The minimum atomic E-state index is -0.682. The van der Waals surface area contributed by atoms with Gasteiger partial charge in [-0.3, -0.25) is 0 Å². The Hall–Kier alpha value is -4.53. The maximum absolute atomic E-state index is 2.59. The summed E-state index contributed by atoms with van der Waals surface area (Å²) < 4.78 is 2.51. The average molecular weight is 582 g/mol. The summed E-state index contributed by atoms with van der Waals surface area (Å²) in [5, 5.41) is 4.01. The lowest BCUT2D eigenvalue weighted by Gasteiger charge is -2.24. The van der Waals surface area contributed by atoms with Crippen LogP contribution in [0.25, 0.3) is 56.3 Å². The molecule has 1 nitrogen and oxygen atoms in total. The van der Waals surface area contributed by atoms with Crippen LogP contribution >= 0.6 is 0 Å². The van der Waals surface area contributed by atoms with Crippen LogP contribution in [0.3, 0.4) is 0 Å². The number of aromatic nitrogens is 1. The molecule has 1 fully saturated rings. The summed E-state index contributed by atoms with van der Waals surface area (Å²) in [6.07, 6.45) is 7.65. The van der Waals surface area contributed by atoms with Crippen molar-refractivity contribution < 1.29 is 0 Å². The van der Waals surface area contributed by atoms with Crippen LogP contribution in [0, 0.1) is 10.7 Å². The van der Waals surface area contributed by atoms with Crippen molar-refractivity contribution in [3.63, 3.8) is 0 Å². The van der Waals surface area contributed by atoms with Crippen molar-refractivity contribution in [2.24, 2.45) is 5.92 Å². The van der Waals surface area contributed by atoms with E-state index in [2.05, 4.69) is 146 Å². The second kappa shape index (κ2) is 9.74. The van der Waals surface area contributed by atoms with Crippen LogP contribution in [0.5, 0.6) is 0 Å². The molecule has 3 aliphatic carbocycles. The molecule has 1 atom stereocenters. The predicted octanol–water partition coefficient (Wildman–Crippen LogP) is 10.2.